The molecular formula is C42H42FN7O4. The number of anilines is 3. The third-order valence-electron chi connectivity index (χ3n) is 12.3. The van der Waals surface area contributed by atoms with Gasteiger partial charge in [-0.25, -0.2) is 4.39 Å². The lowest BCUT2D eigenvalue weighted by Gasteiger charge is -2.54. The fourth-order valence-corrected chi connectivity index (χ4v) is 8.87. The first kappa shape index (κ1) is 34.2. The second kappa shape index (κ2) is 12.8. The molecule has 0 spiro atoms. The third-order valence-corrected chi connectivity index (χ3v) is 12.3. The molecule has 0 bridgehead atoms. The first-order valence-corrected chi connectivity index (χ1v) is 18.8. The van der Waals surface area contributed by atoms with E-state index in [1.165, 1.54) is 11.0 Å². The summed E-state index contributed by atoms with van der Waals surface area (Å²) in [7, 11) is 0. The number of nitrogens with one attached hydrogen (secondary N) is 2. The minimum Gasteiger partial charge on any atom is -0.380 e. The van der Waals surface area contributed by atoms with Crippen LogP contribution < -0.4 is 15.5 Å². The predicted molar refractivity (Wildman–Crippen MR) is 199 cm³/mol. The molecule has 2 N–H and O–H groups in total. The largest absolute Gasteiger partial charge is 0.380 e. The molecule has 2 aliphatic carbocycles. The SMILES string of the molecule is Cc1ccc(-c2c(C)noc2C)cc1N(c1ccc(C2(C#N)CC2)cc1)C1CN(C2CC(Nc3cc4c(cc3F)C(=O)N(C3CCC(=O)NC3=O)C4)C2)C1. The molecule has 3 aromatic carbocycles. The summed E-state index contributed by atoms with van der Waals surface area (Å²) in [5.74, 6) is -0.909. The molecule has 3 amide bonds. The maximum atomic E-state index is 15.3. The lowest BCUT2D eigenvalue weighted by Crippen LogP contribution is -2.65. The first-order chi connectivity index (χ1) is 26.0. The summed E-state index contributed by atoms with van der Waals surface area (Å²) < 4.78 is 20.9. The molecule has 2 saturated heterocycles. The van der Waals surface area contributed by atoms with Gasteiger partial charge in [0.05, 0.1) is 28.9 Å². The Kier molecular flexibility index (Phi) is 8.12. The molecule has 1 unspecified atom stereocenters. The quantitative estimate of drug-likeness (QED) is 0.194. The number of nitrogens with zero attached hydrogens (tertiary/aromatic N) is 5. The van der Waals surface area contributed by atoms with Crippen LogP contribution in [0.2, 0.25) is 0 Å². The second-order valence-electron chi connectivity index (χ2n) is 15.8. The van der Waals surface area contributed by atoms with Gasteiger partial charge in [-0.3, -0.25) is 24.6 Å². The number of nitriles is 1. The van der Waals surface area contributed by atoms with Crippen LogP contribution in [0.5, 0.6) is 0 Å². The number of imide groups is 1. The van der Waals surface area contributed by atoms with E-state index in [1.54, 1.807) is 6.07 Å². The molecule has 276 valence electrons. The van der Waals surface area contributed by atoms with Crippen LogP contribution in [0.1, 0.15) is 77.0 Å². The topological polar surface area (TPSA) is 135 Å². The maximum absolute atomic E-state index is 15.3. The van der Waals surface area contributed by atoms with Crippen molar-refractivity contribution in [3.8, 4) is 17.2 Å². The highest BCUT2D eigenvalue weighted by molar-refractivity contribution is 6.05. The van der Waals surface area contributed by atoms with Crippen molar-refractivity contribution in [2.45, 2.75) is 95.4 Å². The van der Waals surface area contributed by atoms with Crippen LogP contribution >= 0.6 is 0 Å². The summed E-state index contributed by atoms with van der Waals surface area (Å²) >= 11 is 0. The highest BCUT2D eigenvalue weighted by atomic mass is 19.1. The number of benzene rings is 3. The molecule has 3 aliphatic heterocycles. The zero-order valence-electron chi connectivity index (χ0n) is 30.6. The summed E-state index contributed by atoms with van der Waals surface area (Å²) in [6, 6.07) is 20.5. The molecule has 4 heterocycles. The minimum atomic E-state index is -0.737. The number of amides is 3. The van der Waals surface area contributed by atoms with Gasteiger partial charge in [0.25, 0.3) is 5.91 Å². The Labute approximate surface area is 313 Å². The molecule has 2 saturated carbocycles. The smallest absolute Gasteiger partial charge is 0.255 e. The van der Waals surface area contributed by atoms with Gasteiger partial charge in [-0.2, -0.15) is 5.26 Å². The number of aromatic nitrogens is 1. The Morgan fingerprint density at radius 2 is 1.80 bits per heavy atom. The predicted octanol–water partition coefficient (Wildman–Crippen LogP) is 6.19. The molecule has 9 rings (SSSR count). The van der Waals surface area contributed by atoms with Crippen LogP contribution in [0.15, 0.2) is 59.1 Å². The average molecular weight is 728 g/mol. The highest BCUT2D eigenvalue weighted by Gasteiger charge is 2.46. The van der Waals surface area contributed by atoms with Gasteiger partial charge in [-0.15, -0.1) is 0 Å². The van der Waals surface area contributed by atoms with Crippen molar-refractivity contribution in [2.24, 2.45) is 0 Å². The first-order valence-electron chi connectivity index (χ1n) is 18.8. The fraction of sp³-hybridized carbons (Fsp3) is 0.405. The van der Waals surface area contributed by atoms with Crippen molar-refractivity contribution >= 4 is 34.8 Å². The molecule has 11 nitrogen and oxygen atoms in total. The Hall–Kier alpha value is -5.54. The number of fused-ring (bicyclic) bond motifs is 1. The monoisotopic (exact) mass is 727 g/mol. The number of carbonyl (C=O) groups excluding carboxylic acids is 3. The Morgan fingerprint density at radius 1 is 1.04 bits per heavy atom. The van der Waals surface area contributed by atoms with Gasteiger partial charge >= 0.3 is 0 Å². The summed E-state index contributed by atoms with van der Waals surface area (Å²) in [6.45, 7) is 8.00. The van der Waals surface area contributed by atoms with E-state index in [-0.39, 0.29) is 54.3 Å². The van der Waals surface area contributed by atoms with Gasteiger partial charge in [0.2, 0.25) is 11.8 Å². The molecule has 0 radical (unpaired) electrons. The molecule has 1 aromatic heterocycles. The Balaban J connectivity index is 0.885. The minimum absolute atomic E-state index is 0.0949. The van der Waals surface area contributed by atoms with Crippen LogP contribution in [-0.2, 0) is 21.5 Å². The molecular weight excluding hydrogens is 686 g/mol. The number of rotatable bonds is 9. The van der Waals surface area contributed by atoms with Crippen LogP contribution in [0, 0.1) is 37.9 Å². The Bertz CT molecular complexity index is 2230. The van der Waals surface area contributed by atoms with Crippen molar-refractivity contribution < 1.29 is 23.3 Å². The van der Waals surface area contributed by atoms with E-state index in [9.17, 15) is 19.6 Å². The van der Waals surface area contributed by atoms with Crippen LogP contribution in [0.3, 0.4) is 0 Å². The van der Waals surface area contributed by atoms with Gasteiger partial charge in [0, 0.05) is 60.6 Å². The number of hydrogen-bond acceptors (Lipinski definition) is 9. The summed E-state index contributed by atoms with van der Waals surface area (Å²) in [5, 5.41) is 19.7. The molecule has 5 aliphatic rings. The lowest BCUT2D eigenvalue weighted by molar-refractivity contribution is -0.136. The fourth-order valence-electron chi connectivity index (χ4n) is 8.87. The normalized spacial score (nSPS) is 23.3. The van der Waals surface area contributed by atoms with E-state index in [1.807, 2.05) is 13.8 Å². The van der Waals surface area contributed by atoms with Crippen molar-refractivity contribution in [3.63, 3.8) is 0 Å². The number of carbonyl (C=O) groups is 3. The van der Waals surface area contributed by atoms with Gasteiger partial charge in [-0.1, -0.05) is 29.4 Å². The van der Waals surface area contributed by atoms with E-state index in [2.05, 4.69) is 81.0 Å². The number of piperidine rings is 1. The van der Waals surface area contributed by atoms with E-state index >= 15 is 4.39 Å². The van der Waals surface area contributed by atoms with E-state index in [0.29, 0.717) is 17.3 Å². The van der Waals surface area contributed by atoms with Crippen molar-refractivity contribution in [2.75, 3.05) is 23.3 Å². The van der Waals surface area contributed by atoms with Crippen LogP contribution in [-0.4, -0.2) is 69.9 Å². The summed E-state index contributed by atoms with van der Waals surface area (Å²) in [5.41, 5.74) is 8.35. The molecule has 4 aromatic rings. The standard InChI is InChI=1S/C42H42FN7O4/c1-23-4-5-26(39-24(2)47-54-25(39)3)15-37(23)50(30-8-6-28(7-9-30)42(22-44)12-13-42)32-20-48(21-32)31-16-29(17-31)45-35-14-27-19-49(41(53)33(27)18-34(35)43)36-10-11-38(51)46-40(36)52/h4-9,14-15,18,29,31-32,36,45H,10-13,16-17,19-21H2,1-3H3,(H,46,51,52). The Morgan fingerprint density at radius 3 is 2.46 bits per heavy atom. The van der Waals surface area contributed by atoms with Gasteiger partial charge in [0.1, 0.15) is 17.6 Å². The van der Waals surface area contributed by atoms with Crippen LogP contribution in [0.25, 0.3) is 11.1 Å². The van der Waals surface area contributed by atoms with E-state index in [0.717, 1.165) is 83.9 Å². The van der Waals surface area contributed by atoms with Crippen molar-refractivity contribution in [3.05, 3.63) is 94.1 Å². The zero-order valence-corrected chi connectivity index (χ0v) is 30.6. The summed E-state index contributed by atoms with van der Waals surface area (Å²) in [6.07, 6.45) is 3.99. The van der Waals surface area contributed by atoms with Gasteiger partial charge in [0.15, 0.2) is 0 Å². The van der Waals surface area contributed by atoms with Gasteiger partial charge < -0.3 is 19.6 Å². The lowest BCUT2D eigenvalue weighted by atomic mass is 9.82. The molecule has 4 fully saturated rings. The molecule has 12 heteroatoms. The highest BCUT2D eigenvalue weighted by Crippen LogP contribution is 2.48. The van der Waals surface area contributed by atoms with E-state index < -0.39 is 17.8 Å². The van der Waals surface area contributed by atoms with Crippen LogP contribution in [0.4, 0.5) is 21.5 Å². The molecule has 1 atom stereocenters. The number of aryl methyl sites for hydroxylation is 3. The van der Waals surface area contributed by atoms with Crippen molar-refractivity contribution in [1.29, 1.82) is 5.26 Å². The zero-order chi connectivity index (χ0) is 37.5. The number of halogens is 1. The summed E-state index contributed by atoms with van der Waals surface area (Å²) in [4.78, 5) is 43.6. The average Bonchev–Trinajstić information content (AvgIpc) is 3.77. The third kappa shape index (κ3) is 5.73. The van der Waals surface area contributed by atoms with Gasteiger partial charge in [-0.05, 0) is 105 Å². The second-order valence-corrected chi connectivity index (χ2v) is 15.8. The number of likely N-dealkylation sites (tertiary alicyclic amines) is 1. The molecule has 54 heavy (non-hydrogen) atoms. The maximum Gasteiger partial charge on any atom is 0.255 e. The number of hydrogen-bond donors (Lipinski definition) is 2. The van der Waals surface area contributed by atoms with E-state index in [4.69, 9.17) is 4.52 Å². The van der Waals surface area contributed by atoms with Crippen molar-refractivity contribution in [1.82, 2.24) is 20.3 Å².